The average molecular weight is 340 g/mol. The number of hydrogen-bond acceptors (Lipinski definition) is 2. The zero-order valence-corrected chi connectivity index (χ0v) is 13.5. The molecule has 0 saturated heterocycles. The van der Waals surface area contributed by atoms with Crippen molar-refractivity contribution in [1.82, 2.24) is 4.98 Å². The van der Waals surface area contributed by atoms with Crippen LogP contribution in [0.5, 0.6) is 0 Å². The van der Waals surface area contributed by atoms with Gasteiger partial charge in [0.05, 0.1) is 0 Å². The molecule has 0 aliphatic rings. The molecule has 1 nitrogen and oxygen atoms in total. The predicted octanol–water partition coefficient (Wildman–Crippen LogP) is 5.43. The molecule has 2 rings (SSSR count). The van der Waals surface area contributed by atoms with Crippen molar-refractivity contribution < 1.29 is 4.39 Å². The van der Waals surface area contributed by atoms with E-state index in [0.29, 0.717) is 9.50 Å². The SMILES string of the molecule is CC(C)(C)c1ccc(Sc2ncc(Br)cc2F)cc1. The molecule has 0 bridgehead atoms. The van der Waals surface area contributed by atoms with Crippen LogP contribution in [0.1, 0.15) is 26.3 Å². The second-order valence-electron chi connectivity index (χ2n) is 5.32. The molecule has 4 heteroatoms. The van der Waals surface area contributed by atoms with Gasteiger partial charge in [-0.1, -0.05) is 44.7 Å². The van der Waals surface area contributed by atoms with Crippen LogP contribution in [0.15, 0.2) is 50.9 Å². The molecule has 0 N–H and O–H groups in total. The number of halogens is 2. The van der Waals surface area contributed by atoms with Gasteiger partial charge in [0, 0.05) is 15.6 Å². The summed E-state index contributed by atoms with van der Waals surface area (Å²) in [6.07, 6.45) is 1.61. The molecule has 1 aromatic heterocycles. The highest BCUT2D eigenvalue weighted by molar-refractivity contribution is 9.10. The standard InChI is InChI=1S/C15H15BrFNS/c1-15(2,3)10-4-6-12(7-5-10)19-14-13(17)8-11(16)9-18-14/h4-9H,1-3H3. The van der Waals surface area contributed by atoms with Crippen LogP contribution in [0.3, 0.4) is 0 Å². The Morgan fingerprint density at radius 2 is 1.79 bits per heavy atom. The third kappa shape index (κ3) is 3.80. The largest absolute Gasteiger partial charge is 0.245 e. The van der Waals surface area contributed by atoms with Crippen LogP contribution >= 0.6 is 27.7 Å². The van der Waals surface area contributed by atoms with Crippen molar-refractivity contribution in [2.24, 2.45) is 0 Å². The van der Waals surface area contributed by atoms with Gasteiger partial charge in [0.2, 0.25) is 0 Å². The van der Waals surface area contributed by atoms with Gasteiger partial charge in [-0.2, -0.15) is 0 Å². The molecular weight excluding hydrogens is 325 g/mol. The third-order valence-electron chi connectivity index (χ3n) is 2.71. The smallest absolute Gasteiger partial charge is 0.156 e. The third-order valence-corrected chi connectivity index (χ3v) is 4.14. The lowest BCUT2D eigenvalue weighted by atomic mass is 9.87. The molecule has 0 fully saturated rings. The van der Waals surface area contributed by atoms with E-state index in [-0.39, 0.29) is 11.2 Å². The Labute approximate surface area is 125 Å². The predicted molar refractivity (Wildman–Crippen MR) is 81.2 cm³/mol. The summed E-state index contributed by atoms with van der Waals surface area (Å²) in [5.74, 6) is -0.306. The Kier molecular flexibility index (Phi) is 4.31. The van der Waals surface area contributed by atoms with Gasteiger partial charge in [-0.05, 0) is 45.1 Å². The maximum Gasteiger partial charge on any atom is 0.156 e. The Hall–Kier alpha value is -0.870. The van der Waals surface area contributed by atoms with E-state index in [0.717, 1.165) is 4.90 Å². The van der Waals surface area contributed by atoms with Crippen LogP contribution in [-0.2, 0) is 5.41 Å². The fraction of sp³-hybridized carbons (Fsp3) is 0.267. The van der Waals surface area contributed by atoms with E-state index in [1.807, 2.05) is 12.1 Å². The monoisotopic (exact) mass is 339 g/mol. The molecule has 1 aromatic carbocycles. The van der Waals surface area contributed by atoms with E-state index >= 15 is 0 Å². The molecule has 0 radical (unpaired) electrons. The lowest BCUT2D eigenvalue weighted by Crippen LogP contribution is -2.10. The van der Waals surface area contributed by atoms with E-state index in [9.17, 15) is 4.39 Å². The Bertz CT molecular complexity index is 576. The fourth-order valence-electron chi connectivity index (χ4n) is 1.61. The van der Waals surface area contributed by atoms with Gasteiger partial charge in [0.25, 0.3) is 0 Å². The number of pyridine rings is 1. The molecule has 0 unspecified atom stereocenters. The molecule has 0 spiro atoms. The molecule has 0 atom stereocenters. The fourth-order valence-corrected chi connectivity index (χ4v) is 2.67. The molecule has 0 aliphatic heterocycles. The van der Waals surface area contributed by atoms with Crippen LogP contribution in [0.25, 0.3) is 0 Å². The van der Waals surface area contributed by atoms with Crippen molar-refractivity contribution in [2.75, 3.05) is 0 Å². The zero-order valence-electron chi connectivity index (χ0n) is 11.1. The first-order valence-corrected chi connectivity index (χ1v) is 7.56. The topological polar surface area (TPSA) is 12.9 Å². The normalized spacial score (nSPS) is 11.6. The van der Waals surface area contributed by atoms with Crippen molar-refractivity contribution in [1.29, 1.82) is 0 Å². The van der Waals surface area contributed by atoms with Crippen molar-refractivity contribution in [3.8, 4) is 0 Å². The summed E-state index contributed by atoms with van der Waals surface area (Å²) in [6, 6.07) is 9.61. The number of aromatic nitrogens is 1. The van der Waals surface area contributed by atoms with Gasteiger partial charge >= 0.3 is 0 Å². The maximum atomic E-state index is 13.7. The lowest BCUT2D eigenvalue weighted by molar-refractivity contribution is 0.586. The van der Waals surface area contributed by atoms with E-state index in [1.165, 1.54) is 23.4 Å². The molecule has 1 heterocycles. The summed E-state index contributed by atoms with van der Waals surface area (Å²) in [5.41, 5.74) is 1.39. The summed E-state index contributed by atoms with van der Waals surface area (Å²) < 4.78 is 14.3. The first kappa shape index (κ1) is 14.5. The van der Waals surface area contributed by atoms with Gasteiger partial charge in [0.1, 0.15) is 5.03 Å². The van der Waals surface area contributed by atoms with Gasteiger partial charge in [-0.15, -0.1) is 0 Å². The summed E-state index contributed by atoms with van der Waals surface area (Å²) in [7, 11) is 0. The molecule has 2 aromatic rings. The number of hydrogen-bond donors (Lipinski definition) is 0. The second kappa shape index (κ2) is 5.63. The first-order valence-electron chi connectivity index (χ1n) is 5.96. The van der Waals surface area contributed by atoms with Gasteiger partial charge in [0.15, 0.2) is 5.82 Å². The van der Waals surface area contributed by atoms with Crippen LogP contribution in [0.2, 0.25) is 0 Å². The molecule has 0 saturated carbocycles. The quantitative estimate of drug-likeness (QED) is 0.723. The molecule has 19 heavy (non-hydrogen) atoms. The highest BCUT2D eigenvalue weighted by Gasteiger charge is 2.13. The van der Waals surface area contributed by atoms with E-state index in [1.54, 1.807) is 6.20 Å². The van der Waals surface area contributed by atoms with E-state index in [4.69, 9.17) is 0 Å². The van der Waals surface area contributed by atoms with Crippen molar-refractivity contribution in [3.63, 3.8) is 0 Å². The minimum absolute atomic E-state index is 0.129. The van der Waals surface area contributed by atoms with Crippen molar-refractivity contribution >= 4 is 27.7 Å². The zero-order chi connectivity index (χ0) is 14.0. The minimum atomic E-state index is -0.306. The van der Waals surface area contributed by atoms with Crippen LogP contribution in [0.4, 0.5) is 4.39 Å². The summed E-state index contributed by atoms with van der Waals surface area (Å²) in [4.78, 5) is 5.07. The van der Waals surface area contributed by atoms with Crippen molar-refractivity contribution in [2.45, 2.75) is 36.1 Å². The summed E-state index contributed by atoms with van der Waals surface area (Å²) in [6.45, 7) is 6.52. The van der Waals surface area contributed by atoms with Gasteiger partial charge in [-0.3, -0.25) is 0 Å². The first-order chi connectivity index (χ1) is 8.86. The van der Waals surface area contributed by atoms with Crippen LogP contribution < -0.4 is 0 Å². The minimum Gasteiger partial charge on any atom is -0.245 e. The molecular formula is C15H15BrFNS. The Balaban J connectivity index is 2.20. The Morgan fingerprint density at radius 1 is 1.16 bits per heavy atom. The summed E-state index contributed by atoms with van der Waals surface area (Å²) in [5, 5.41) is 0.395. The van der Waals surface area contributed by atoms with Gasteiger partial charge < -0.3 is 0 Å². The van der Waals surface area contributed by atoms with Gasteiger partial charge in [-0.25, -0.2) is 9.37 Å². The molecule has 0 aliphatic carbocycles. The van der Waals surface area contributed by atoms with Crippen LogP contribution in [0, 0.1) is 5.82 Å². The summed E-state index contributed by atoms with van der Waals surface area (Å²) >= 11 is 4.54. The lowest BCUT2D eigenvalue weighted by Gasteiger charge is -2.19. The van der Waals surface area contributed by atoms with Crippen LogP contribution in [-0.4, -0.2) is 4.98 Å². The number of benzene rings is 1. The average Bonchev–Trinajstić information content (AvgIpc) is 2.32. The highest BCUT2D eigenvalue weighted by atomic mass is 79.9. The molecule has 100 valence electrons. The van der Waals surface area contributed by atoms with E-state index < -0.39 is 0 Å². The number of nitrogens with zero attached hydrogens (tertiary/aromatic N) is 1. The second-order valence-corrected chi connectivity index (χ2v) is 7.29. The molecule has 0 amide bonds. The maximum absolute atomic E-state index is 13.7. The number of rotatable bonds is 2. The van der Waals surface area contributed by atoms with Crippen molar-refractivity contribution in [3.05, 3.63) is 52.4 Å². The van der Waals surface area contributed by atoms with E-state index in [2.05, 4.69) is 53.8 Å². The highest BCUT2D eigenvalue weighted by Crippen LogP contribution is 2.31. The Morgan fingerprint density at radius 3 is 2.32 bits per heavy atom.